The Hall–Kier alpha value is -1.97. The van der Waals surface area contributed by atoms with Crippen LogP contribution in [0, 0.1) is 0 Å². The molecule has 0 unspecified atom stereocenters. The molecular formula is C14H16O4. The Labute approximate surface area is 106 Å². The third kappa shape index (κ3) is 5.39. The van der Waals surface area contributed by atoms with Crippen LogP contribution >= 0.6 is 0 Å². The van der Waals surface area contributed by atoms with Crippen LogP contribution in [0.1, 0.15) is 43.0 Å². The lowest BCUT2D eigenvalue weighted by Gasteiger charge is -2.01. The van der Waals surface area contributed by atoms with Crippen LogP contribution in [0.3, 0.4) is 0 Å². The molecule has 0 fully saturated rings. The zero-order valence-electron chi connectivity index (χ0n) is 10.3. The molecule has 18 heavy (non-hydrogen) atoms. The monoisotopic (exact) mass is 248 g/mol. The zero-order chi connectivity index (χ0) is 13.4. The van der Waals surface area contributed by atoms with Crippen molar-refractivity contribution < 1.29 is 19.1 Å². The summed E-state index contributed by atoms with van der Waals surface area (Å²) in [6.07, 6.45) is 1.73. The molecule has 0 saturated carbocycles. The number of hydrogen-bond acceptors (Lipinski definition) is 4. The maximum atomic E-state index is 11.7. The van der Waals surface area contributed by atoms with E-state index in [1.165, 1.54) is 6.92 Å². The van der Waals surface area contributed by atoms with E-state index in [0.29, 0.717) is 24.8 Å². The number of hydrogen-bond donors (Lipinski definition) is 0. The molecule has 0 amide bonds. The number of benzene rings is 1. The van der Waals surface area contributed by atoms with Crippen LogP contribution in [0.2, 0.25) is 0 Å². The summed E-state index contributed by atoms with van der Waals surface area (Å²) in [5.41, 5.74) is 0.684. The highest BCUT2D eigenvalue weighted by Gasteiger charge is 2.08. The molecule has 1 aromatic carbocycles. The molecule has 1 rings (SSSR count). The second-order valence-corrected chi connectivity index (χ2v) is 3.96. The fourth-order valence-corrected chi connectivity index (χ4v) is 1.53. The fraction of sp³-hybridized carbons (Fsp3) is 0.357. The summed E-state index contributed by atoms with van der Waals surface area (Å²) in [6, 6.07) is 9.03. The summed E-state index contributed by atoms with van der Waals surface area (Å²) in [7, 11) is 0. The lowest BCUT2D eigenvalue weighted by atomic mass is 10.0. The van der Waals surface area contributed by atoms with Gasteiger partial charge in [-0.25, -0.2) is 0 Å². The molecule has 0 aliphatic rings. The van der Waals surface area contributed by atoms with Gasteiger partial charge < -0.3 is 4.74 Å². The second-order valence-electron chi connectivity index (χ2n) is 3.96. The van der Waals surface area contributed by atoms with E-state index in [1.54, 1.807) is 12.1 Å². The summed E-state index contributed by atoms with van der Waals surface area (Å²) >= 11 is 0. The van der Waals surface area contributed by atoms with Gasteiger partial charge in [0.05, 0.1) is 0 Å². The number of esters is 2. The summed E-state index contributed by atoms with van der Waals surface area (Å²) in [6.45, 7) is 1.19. The van der Waals surface area contributed by atoms with Crippen LogP contribution in [-0.2, 0) is 14.3 Å². The summed E-state index contributed by atoms with van der Waals surface area (Å²) in [5, 5.41) is 0. The van der Waals surface area contributed by atoms with Gasteiger partial charge in [0.25, 0.3) is 0 Å². The van der Waals surface area contributed by atoms with E-state index < -0.39 is 11.9 Å². The van der Waals surface area contributed by atoms with Crippen LogP contribution in [-0.4, -0.2) is 17.7 Å². The molecule has 0 spiro atoms. The summed E-state index contributed by atoms with van der Waals surface area (Å²) < 4.78 is 4.38. The molecule has 0 aliphatic carbocycles. The van der Waals surface area contributed by atoms with E-state index in [0.717, 1.165) is 0 Å². The molecule has 0 saturated heterocycles. The van der Waals surface area contributed by atoms with Gasteiger partial charge in [-0.15, -0.1) is 0 Å². The van der Waals surface area contributed by atoms with E-state index in [-0.39, 0.29) is 12.2 Å². The Bertz CT molecular complexity index is 423. The predicted octanol–water partition coefficient (Wildman–Crippen LogP) is 2.52. The lowest BCUT2D eigenvalue weighted by molar-refractivity contribution is -0.158. The van der Waals surface area contributed by atoms with Gasteiger partial charge in [-0.3, -0.25) is 14.4 Å². The van der Waals surface area contributed by atoms with Crippen molar-refractivity contribution in [1.82, 2.24) is 0 Å². The first kappa shape index (κ1) is 14.1. The van der Waals surface area contributed by atoms with Crippen molar-refractivity contribution in [1.29, 1.82) is 0 Å². The van der Waals surface area contributed by atoms with E-state index >= 15 is 0 Å². The molecule has 0 radical (unpaired) electrons. The fourth-order valence-electron chi connectivity index (χ4n) is 1.53. The topological polar surface area (TPSA) is 60.4 Å². The van der Waals surface area contributed by atoms with E-state index in [9.17, 15) is 14.4 Å². The van der Waals surface area contributed by atoms with Crippen LogP contribution < -0.4 is 0 Å². The Morgan fingerprint density at radius 2 is 1.61 bits per heavy atom. The molecule has 0 aromatic heterocycles. The predicted molar refractivity (Wildman–Crippen MR) is 66.0 cm³/mol. The standard InChI is InChI=1S/C14H16O4/c1-11(15)18-14(17)10-6-5-9-13(16)12-7-3-2-4-8-12/h2-4,7-8H,5-6,9-10H2,1H3. The third-order valence-corrected chi connectivity index (χ3v) is 2.39. The maximum Gasteiger partial charge on any atom is 0.313 e. The molecule has 0 heterocycles. The normalized spacial score (nSPS) is 9.83. The third-order valence-electron chi connectivity index (χ3n) is 2.39. The molecule has 4 nitrogen and oxygen atoms in total. The minimum atomic E-state index is -0.597. The Morgan fingerprint density at radius 1 is 1.00 bits per heavy atom. The molecule has 1 aromatic rings. The van der Waals surface area contributed by atoms with Gasteiger partial charge >= 0.3 is 11.9 Å². The first-order valence-corrected chi connectivity index (χ1v) is 5.89. The highest BCUT2D eigenvalue weighted by atomic mass is 16.6. The van der Waals surface area contributed by atoms with Gasteiger partial charge in [-0.1, -0.05) is 30.3 Å². The van der Waals surface area contributed by atoms with Gasteiger partial charge in [-0.05, 0) is 12.8 Å². The average molecular weight is 248 g/mol. The van der Waals surface area contributed by atoms with Crippen LogP contribution in [0.5, 0.6) is 0 Å². The second kappa shape index (κ2) is 7.37. The number of unbranched alkanes of at least 4 members (excludes halogenated alkanes) is 1. The van der Waals surface area contributed by atoms with Crippen LogP contribution in [0.15, 0.2) is 30.3 Å². The summed E-state index contributed by atoms with van der Waals surface area (Å²) in [4.78, 5) is 33.2. The number of ether oxygens (including phenoxy) is 1. The van der Waals surface area contributed by atoms with Crippen molar-refractivity contribution in [2.75, 3.05) is 0 Å². The first-order valence-electron chi connectivity index (χ1n) is 5.89. The Kier molecular flexibility index (Phi) is 5.77. The van der Waals surface area contributed by atoms with Crippen molar-refractivity contribution >= 4 is 17.7 Å². The Balaban J connectivity index is 2.21. The molecular weight excluding hydrogens is 232 g/mol. The van der Waals surface area contributed by atoms with Crippen molar-refractivity contribution in [3.63, 3.8) is 0 Å². The largest absolute Gasteiger partial charge is 0.393 e. The zero-order valence-corrected chi connectivity index (χ0v) is 10.3. The van der Waals surface area contributed by atoms with E-state index in [1.807, 2.05) is 18.2 Å². The van der Waals surface area contributed by atoms with Crippen LogP contribution in [0.4, 0.5) is 0 Å². The van der Waals surface area contributed by atoms with Gasteiger partial charge in [0, 0.05) is 25.3 Å². The molecule has 96 valence electrons. The van der Waals surface area contributed by atoms with Crippen LogP contribution in [0.25, 0.3) is 0 Å². The average Bonchev–Trinajstić information content (AvgIpc) is 2.34. The minimum absolute atomic E-state index is 0.0653. The first-order chi connectivity index (χ1) is 8.59. The SMILES string of the molecule is CC(=O)OC(=O)CCCCC(=O)c1ccccc1. The van der Waals surface area contributed by atoms with Gasteiger partial charge in [-0.2, -0.15) is 0 Å². The lowest BCUT2D eigenvalue weighted by Crippen LogP contribution is -2.08. The van der Waals surface area contributed by atoms with E-state index in [4.69, 9.17) is 0 Å². The van der Waals surface area contributed by atoms with Crippen molar-refractivity contribution in [2.24, 2.45) is 0 Å². The molecule has 0 N–H and O–H groups in total. The molecule has 0 aliphatic heterocycles. The van der Waals surface area contributed by atoms with Gasteiger partial charge in [0.2, 0.25) is 0 Å². The number of rotatable bonds is 6. The number of carbonyl (C=O) groups is 3. The van der Waals surface area contributed by atoms with Crippen molar-refractivity contribution in [3.8, 4) is 0 Å². The highest BCUT2D eigenvalue weighted by Crippen LogP contribution is 2.08. The number of Topliss-reactive ketones (excluding diaryl/α,β-unsaturated/α-hetero) is 1. The van der Waals surface area contributed by atoms with Gasteiger partial charge in [0.1, 0.15) is 0 Å². The minimum Gasteiger partial charge on any atom is -0.393 e. The molecule has 0 bridgehead atoms. The summed E-state index contributed by atoms with van der Waals surface area (Å²) in [5.74, 6) is -1.06. The van der Waals surface area contributed by atoms with E-state index in [2.05, 4.69) is 4.74 Å². The van der Waals surface area contributed by atoms with Crippen molar-refractivity contribution in [3.05, 3.63) is 35.9 Å². The van der Waals surface area contributed by atoms with Gasteiger partial charge in [0.15, 0.2) is 5.78 Å². The van der Waals surface area contributed by atoms with Crippen molar-refractivity contribution in [2.45, 2.75) is 32.6 Å². The number of ketones is 1. The maximum absolute atomic E-state index is 11.7. The Morgan fingerprint density at radius 3 is 2.22 bits per heavy atom. The molecule has 0 atom stereocenters. The smallest absolute Gasteiger partial charge is 0.313 e. The molecule has 4 heteroatoms. The quantitative estimate of drug-likeness (QED) is 0.336. The number of carbonyl (C=O) groups excluding carboxylic acids is 3. The highest BCUT2D eigenvalue weighted by molar-refractivity contribution is 5.95.